The van der Waals surface area contributed by atoms with Gasteiger partial charge in [-0.05, 0) is 25.0 Å². The molecule has 1 heterocycles. The van der Waals surface area contributed by atoms with Crippen LogP contribution in [0.4, 0.5) is 0 Å². The van der Waals surface area contributed by atoms with Gasteiger partial charge in [0.05, 0.1) is 17.0 Å². The predicted molar refractivity (Wildman–Crippen MR) is 74.1 cm³/mol. The molecule has 22 heavy (non-hydrogen) atoms. The van der Waals surface area contributed by atoms with Gasteiger partial charge in [0.15, 0.2) is 0 Å². The van der Waals surface area contributed by atoms with Gasteiger partial charge in [-0.3, -0.25) is 24.1 Å². The van der Waals surface area contributed by atoms with Gasteiger partial charge in [-0.15, -0.1) is 0 Å². The SMILES string of the molecule is O=C(CN1C(=O)c2ccccc2C1=O)NC1CC(C(=O)O)C1. The number of hydrogen-bond acceptors (Lipinski definition) is 4. The number of rotatable bonds is 4. The first-order valence-electron chi connectivity index (χ1n) is 6.94. The van der Waals surface area contributed by atoms with E-state index in [0.29, 0.717) is 24.0 Å². The molecule has 2 N–H and O–H groups in total. The first-order valence-corrected chi connectivity index (χ1v) is 6.94. The van der Waals surface area contributed by atoms with Crippen LogP contribution in [0, 0.1) is 5.92 Å². The van der Waals surface area contributed by atoms with Gasteiger partial charge in [-0.25, -0.2) is 0 Å². The van der Waals surface area contributed by atoms with Crippen molar-refractivity contribution in [3.63, 3.8) is 0 Å². The van der Waals surface area contributed by atoms with Crippen LogP contribution in [0.2, 0.25) is 0 Å². The highest BCUT2D eigenvalue weighted by molar-refractivity contribution is 6.22. The number of carboxylic acids is 1. The molecule has 3 amide bonds. The minimum absolute atomic E-state index is 0.205. The average molecular weight is 302 g/mol. The van der Waals surface area contributed by atoms with E-state index in [0.717, 1.165) is 4.90 Å². The Labute approximate surface area is 125 Å². The summed E-state index contributed by atoms with van der Waals surface area (Å²) in [5.41, 5.74) is 0.602. The lowest BCUT2D eigenvalue weighted by atomic mass is 9.80. The number of imide groups is 1. The Morgan fingerprint density at radius 3 is 2.18 bits per heavy atom. The molecule has 1 aliphatic carbocycles. The minimum Gasteiger partial charge on any atom is -0.481 e. The fraction of sp³-hybridized carbons (Fsp3) is 0.333. The average Bonchev–Trinajstić information content (AvgIpc) is 2.68. The van der Waals surface area contributed by atoms with Gasteiger partial charge < -0.3 is 10.4 Å². The van der Waals surface area contributed by atoms with E-state index in [1.165, 1.54) is 0 Å². The maximum atomic E-state index is 12.1. The van der Waals surface area contributed by atoms with Crippen molar-refractivity contribution < 1.29 is 24.3 Å². The van der Waals surface area contributed by atoms with E-state index >= 15 is 0 Å². The Morgan fingerprint density at radius 1 is 1.14 bits per heavy atom. The lowest BCUT2D eigenvalue weighted by Gasteiger charge is -2.33. The standard InChI is InChI=1S/C15H14N2O5/c18-12(16-9-5-8(6-9)15(21)22)7-17-13(19)10-3-1-2-4-11(10)14(17)20/h1-4,8-9H,5-7H2,(H,16,18)(H,21,22). The number of nitrogens with one attached hydrogen (secondary N) is 1. The molecule has 1 saturated carbocycles. The second-order valence-corrected chi connectivity index (χ2v) is 5.51. The van der Waals surface area contributed by atoms with Gasteiger partial charge in [0.1, 0.15) is 6.54 Å². The minimum atomic E-state index is -0.870. The normalized spacial score (nSPS) is 23.0. The number of hydrogen-bond donors (Lipinski definition) is 2. The summed E-state index contributed by atoms with van der Waals surface area (Å²) < 4.78 is 0. The van der Waals surface area contributed by atoms with Crippen LogP contribution in [-0.4, -0.2) is 46.3 Å². The van der Waals surface area contributed by atoms with E-state index in [1.54, 1.807) is 24.3 Å². The van der Waals surface area contributed by atoms with Crippen LogP contribution in [-0.2, 0) is 9.59 Å². The fourth-order valence-corrected chi connectivity index (χ4v) is 2.74. The summed E-state index contributed by atoms with van der Waals surface area (Å²) in [6.07, 6.45) is 0.756. The molecule has 0 spiro atoms. The van der Waals surface area contributed by atoms with Crippen LogP contribution in [0.15, 0.2) is 24.3 Å². The molecular weight excluding hydrogens is 288 g/mol. The summed E-state index contributed by atoms with van der Waals surface area (Å²) in [5, 5.41) is 11.4. The number of carboxylic acid groups (broad SMARTS) is 1. The largest absolute Gasteiger partial charge is 0.481 e. The Morgan fingerprint density at radius 2 is 1.68 bits per heavy atom. The van der Waals surface area contributed by atoms with E-state index in [1.807, 2.05) is 0 Å². The summed E-state index contributed by atoms with van der Waals surface area (Å²) in [5.74, 6) is -2.71. The third kappa shape index (κ3) is 2.34. The van der Waals surface area contributed by atoms with Crippen LogP contribution in [0.25, 0.3) is 0 Å². The van der Waals surface area contributed by atoms with Crippen molar-refractivity contribution in [1.82, 2.24) is 10.2 Å². The maximum Gasteiger partial charge on any atom is 0.306 e. The molecule has 1 aromatic carbocycles. The molecule has 0 bridgehead atoms. The number of fused-ring (bicyclic) bond motifs is 1. The molecule has 1 aliphatic heterocycles. The summed E-state index contributed by atoms with van der Waals surface area (Å²) in [7, 11) is 0. The van der Waals surface area contributed by atoms with E-state index in [-0.39, 0.29) is 12.6 Å². The zero-order chi connectivity index (χ0) is 15.9. The van der Waals surface area contributed by atoms with Crippen molar-refractivity contribution >= 4 is 23.7 Å². The van der Waals surface area contributed by atoms with E-state index in [9.17, 15) is 19.2 Å². The molecule has 3 rings (SSSR count). The summed E-state index contributed by atoms with van der Waals surface area (Å²) in [6, 6.07) is 6.22. The van der Waals surface area contributed by atoms with Crippen molar-refractivity contribution in [2.75, 3.05) is 6.54 Å². The highest BCUT2D eigenvalue weighted by Crippen LogP contribution is 2.27. The number of amides is 3. The monoisotopic (exact) mass is 302 g/mol. The number of carbonyl (C=O) groups excluding carboxylic acids is 3. The topological polar surface area (TPSA) is 104 Å². The van der Waals surface area contributed by atoms with Crippen LogP contribution >= 0.6 is 0 Å². The molecular formula is C15H14N2O5. The first kappa shape index (κ1) is 14.2. The third-order valence-corrected chi connectivity index (χ3v) is 4.03. The second kappa shape index (κ2) is 5.25. The van der Waals surface area contributed by atoms with Gasteiger partial charge in [0.2, 0.25) is 5.91 Å². The molecule has 2 aliphatic rings. The molecule has 0 aromatic heterocycles. The molecule has 0 atom stereocenters. The fourth-order valence-electron chi connectivity index (χ4n) is 2.74. The highest BCUT2D eigenvalue weighted by atomic mass is 16.4. The van der Waals surface area contributed by atoms with Crippen LogP contribution in [0.3, 0.4) is 0 Å². The van der Waals surface area contributed by atoms with Gasteiger partial charge in [-0.2, -0.15) is 0 Å². The summed E-state index contributed by atoms with van der Waals surface area (Å²) in [4.78, 5) is 47.7. The number of aliphatic carboxylic acids is 1. The lowest BCUT2D eigenvalue weighted by molar-refractivity contribution is -0.146. The van der Waals surface area contributed by atoms with Crippen molar-refractivity contribution in [2.24, 2.45) is 5.92 Å². The Hall–Kier alpha value is -2.70. The summed E-state index contributed by atoms with van der Waals surface area (Å²) in [6.45, 7) is -0.347. The van der Waals surface area contributed by atoms with E-state index in [4.69, 9.17) is 5.11 Å². The van der Waals surface area contributed by atoms with Gasteiger partial charge in [-0.1, -0.05) is 12.1 Å². The first-order chi connectivity index (χ1) is 10.5. The molecule has 1 aromatic rings. The number of nitrogens with zero attached hydrogens (tertiary/aromatic N) is 1. The van der Waals surface area contributed by atoms with Crippen molar-refractivity contribution in [2.45, 2.75) is 18.9 Å². The molecule has 0 radical (unpaired) electrons. The van der Waals surface area contributed by atoms with Crippen molar-refractivity contribution in [1.29, 1.82) is 0 Å². The maximum absolute atomic E-state index is 12.1. The number of benzene rings is 1. The quantitative estimate of drug-likeness (QED) is 0.777. The highest BCUT2D eigenvalue weighted by Gasteiger charge is 2.38. The van der Waals surface area contributed by atoms with Crippen LogP contribution in [0.5, 0.6) is 0 Å². The van der Waals surface area contributed by atoms with Crippen molar-refractivity contribution in [3.05, 3.63) is 35.4 Å². The molecule has 0 unspecified atom stereocenters. The van der Waals surface area contributed by atoms with Gasteiger partial charge >= 0.3 is 5.97 Å². The Kier molecular flexibility index (Phi) is 3.40. The molecule has 1 fully saturated rings. The molecule has 7 nitrogen and oxygen atoms in total. The smallest absolute Gasteiger partial charge is 0.306 e. The lowest BCUT2D eigenvalue weighted by Crippen LogP contribution is -2.50. The molecule has 114 valence electrons. The number of carbonyl (C=O) groups is 4. The van der Waals surface area contributed by atoms with E-state index in [2.05, 4.69) is 5.32 Å². The second-order valence-electron chi connectivity index (χ2n) is 5.51. The Bertz CT molecular complexity index is 643. The third-order valence-electron chi connectivity index (χ3n) is 4.03. The van der Waals surface area contributed by atoms with Gasteiger partial charge in [0.25, 0.3) is 11.8 Å². The van der Waals surface area contributed by atoms with Crippen LogP contribution in [0.1, 0.15) is 33.6 Å². The van der Waals surface area contributed by atoms with E-state index < -0.39 is 29.6 Å². The zero-order valence-electron chi connectivity index (χ0n) is 11.6. The zero-order valence-corrected chi connectivity index (χ0v) is 11.6. The molecule has 7 heteroatoms. The van der Waals surface area contributed by atoms with Gasteiger partial charge in [0, 0.05) is 6.04 Å². The summed E-state index contributed by atoms with van der Waals surface area (Å²) >= 11 is 0. The molecule has 0 saturated heterocycles. The Balaban J connectivity index is 1.58. The van der Waals surface area contributed by atoms with Crippen molar-refractivity contribution in [3.8, 4) is 0 Å². The predicted octanol–water partition coefficient (Wildman–Crippen LogP) is 0.262. The van der Waals surface area contributed by atoms with Crippen LogP contribution < -0.4 is 5.32 Å².